The van der Waals surface area contributed by atoms with Gasteiger partial charge in [0, 0.05) is 19.2 Å². The molecule has 0 aliphatic heterocycles. The Kier molecular flexibility index (Phi) is 8.27. The molecule has 114 valence electrons. The van der Waals surface area contributed by atoms with Crippen molar-refractivity contribution in [2.75, 3.05) is 20.1 Å². The van der Waals surface area contributed by atoms with Crippen molar-refractivity contribution in [3.63, 3.8) is 0 Å². The first-order chi connectivity index (χ1) is 9.34. The molecule has 0 aromatic heterocycles. The van der Waals surface area contributed by atoms with Crippen molar-refractivity contribution in [1.82, 2.24) is 15.5 Å². The molecule has 6 heteroatoms. The second-order valence-electron chi connectivity index (χ2n) is 4.95. The molecule has 0 fully saturated rings. The second kappa shape index (κ2) is 9.12. The molecule has 2 N–H and O–H groups in total. The smallest absolute Gasteiger partial charge is 0.246 e. The normalized spacial score (nSPS) is 12.8. The zero-order chi connectivity index (χ0) is 15.7. The van der Waals surface area contributed by atoms with Crippen molar-refractivity contribution in [1.29, 1.82) is 0 Å². The Morgan fingerprint density at radius 2 is 1.90 bits per heavy atom. The summed E-state index contributed by atoms with van der Waals surface area (Å²) >= 11 is 0. The molecule has 3 amide bonds. The van der Waals surface area contributed by atoms with E-state index in [1.54, 1.807) is 24.9 Å². The third-order valence-corrected chi connectivity index (χ3v) is 2.98. The highest BCUT2D eigenvalue weighted by Gasteiger charge is 2.21. The average molecular weight is 283 g/mol. The Labute approximate surface area is 120 Å². The summed E-state index contributed by atoms with van der Waals surface area (Å²) in [7, 11) is 1.67. The number of carbonyl (C=O) groups excluding carboxylic acids is 3. The Hall–Kier alpha value is -1.85. The summed E-state index contributed by atoms with van der Waals surface area (Å²) in [6, 6.07) is -0.196. The van der Waals surface area contributed by atoms with E-state index in [-0.39, 0.29) is 30.3 Å². The summed E-state index contributed by atoms with van der Waals surface area (Å²) in [5, 5.41) is 5.07. The zero-order valence-corrected chi connectivity index (χ0v) is 12.9. The lowest BCUT2D eigenvalue weighted by atomic mass is 10.00. The minimum atomic E-state index is -0.198. The molecule has 0 rings (SSSR count). The molecule has 0 aliphatic rings. The van der Waals surface area contributed by atoms with E-state index in [4.69, 9.17) is 0 Å². The van der Waals surface area contributed by atoms with E-state index in [1.165, 1.54) is 0 Å². The molecule has 6 nitrogen and oxygen atoms in total. The van der Waals surface area contributed by atoms with Gasteiger partial charge in [-0.1, -0.05) is 19.9 Å². The molecule has 1 atom stereocenters. The topological polar surface area (TPSA) is 78.5 Å². The van der Waals surface area contributed by atoms with E-state index in [0.717, 1.165) is 0 Å². The van der Waals surface area contributed by atoms with Crippen molar-refractivity contribution in [3.05, 3.63) is 11.6 Å². The van der Waals surface area contributed by atoms with Crippen LogP contribution < -0.4 is 10.6 Å². The van der Waals surface area contributed by atoms with E-state index >= 15 is 0 Å². The number of hydrogen-bond donors (Lipinski definition) is 2. The summed E-state index contributed by atoms with van der Waals surface area (Å²) < 4.78 is 0. The van der Waals surface area contributed by atoms with Gasteiger partial charge in [-0.3, -0.25) is 14.4 Å². The van der Waals surface area contributed by atoms with Gasteiger partial charge in [0.25, 0.3) is 0 Å². The largest absolute Gasteiger partial charge is 0.353 e. The maximum absolute atomic E-state index is 11.9. The zero-order valence-electron chi connectivity index (χ0n) is 12.9. The maximum Gasteiger partial charge on any atom is 0.246 e. The monoisotopic (exact) mass is 283 g/mol. The summed E-state index contributed by atoms with van der Waals surface area (Å²) in [5.41, 5.74) is 0.577. The van der Waals surface area contributed by atoms with Gasteiger partial charge in [-0.2, -0.15) is 0 Å². The lowest BCUT2D eigenvalue weighted by Gasteiger charge is -2.29. The van der Waals surface area contributed by atoms with Crippen LogP contribution in [-0.2, 0) is 14.4 Å². The number of nitrogens with zero attached hydrogens (tertiary/aromatic N) is 1. The first-order valence-electron chi connectivity index (χ1n) is 6.74. The third kappa shape index (κ3) is 5.86. The molecule has 0 aliphatic carbocycles. The van der Waals surface area contributed by atoms with Crippen LogP contribution in [0, 0.1) is 5.92 Å². The molecular weight excluding hydrogens is 258 g/mol. The number of carbonyl (C=O) groups is 3. The molecule has 20 heavy (non-hydrogen) atoms. The Bertz CT molecular complexity index is 378. The van der Waals surface area contributed by atoms with Crippen molar-refractivity contribution >= 4 is 18.2 Å². The summed E-state index contributed by atoms with van der Waals surface area (Å²) in [6.45, 7) is 8.05. The molecule has 0 saturated carbocycles. The van der Waals surface area contributed by atoms with Gasteiger partial charge in [0.05, 0.1) is 12.6 Å². The molecule has 0 spiro atoms. The minimum absolute atomic E-state index is 0.0444. The highest BCUT2D eigenvalue weighted by Crippen LogP contribution is 2.13. The predicted molar refractivity (Wildman–Crippen MR) is 77.9 cm³/mol. The van der Waals surface area contributed by atoms with E-state index in [1.807, 2.05) is 20.8 Å². The van der Waals surface area contributed by atoms with Gasteiger partial charge in [-0.05, 0) is 19.8 Å². The Morgan fingerprint density at radius 1 is 1.30 bits per heavy atom. The van der Waals surface area contributed by atoms with Crippen LogP contribution in [0.5, 0.6) is 0 Å². The molecule has 0 radical (unpaired) electrons. The summed E-state index contributed by atoms with van der Waals surface area (Å²) in [5.74, 6) is -0.176. The van der Waals surface area contributed by atoms with Crippen LogP contribution in [0.15, 0.2) is 11.6 Å². The summed E-state index contributed by atoms with van der Waals surface area (Å²) in [6.07, 6.45) is 2.28. The number of hydrogen-bond acceptors (Lipinski definition) is 3. The maximum atomic E-state index is 11.9. The van der Waals surface area contributed by atoms with Crippen molar-refractivity contribution in [3.8, 4) is 0 Å². The lowest BCUT2D eigenvalue weighted by molar-refractivity contribution is -0.132. The quantitative estimate of drug-likeness (QED) is 0.497. The van der Waals surface area contributed by atoms with E-state index in [9.17, 15) is 14.4 Å². The number of likely N-dealkylation sites (N-methyl/N-ethyl adjacent to an activating group) is 2. The van der Waals surface area contributed by atoms with Crippen molar-refractivity contribution in [2.24, 2.45) is 5.92 Å². The fourth-order valence-corrected chi connectivity index (χ4v) is 1.80. The first kappa shape index (κ1) is 18.1. The van der Waals surface area contributed by atoms with Crippen LogP contribution >= 0.6 is 0 Å². The highest BCUT2D eigenvalue weighted by atomic mass is 16.2. The minimum Gasteiger partial charge on any atom is -0.353 e. The molecular formula is C14H25N3O3. The van der Waals surface area contributed by atoms with Gasteiger partial charge < -0.3 is 15.5 Å². The molecule has 0 heterocycles. The molecule has 0 bridgehead atoms. The fourth-order valence-electron chi connectivity index (χ4n) is 1.80. The predicted octanol–water partition coefficient (Wildman–Crippen LogP) is 0.298. The first-order valence-corrected chi connectivity index (χ1v) is 6.74. The number of nitrogens with one attached hydrogen (secondary N) is 2. The molecule has 0 aromatic rings. The van der Waals surface area contributed by atoms with Crippen LogP contribution in [0.25, 0.3) is 0 Å². The van der Waals surface area contributed by atoms with Gasteiger partial charge in [0.1, 0.15) is 0 Å². The van der Waals surface area contributed by atoms with Gasteiger partial charge in [-0.25, -0.2) is 0 Å². The highest BCUT2D eigenvalue weighted by molar-refractivity contribution is 5.93. The van der Waals surface area contributed by atoms with Gasteiger partial charge in [-0.15, -0.1) is 0 Å². The average Bonchev–Trinajstić information content (AvgIpc) is 2.40. The Balaban J connectivity index is 4.96. The van der Waals surface area contributed by atoms with E-state index in [0.29, 0.717) is 18.5 Å². The van der Waals surface area contributed by atoms with Crippen molar-refractivity contribution in [2.45, 2.75) is 33.7 Å². The van der Waals surface area contributed by atoms with Crippen molar-refractivity contribution < 1.29 is 14.4 Å². The fraction of sp³-hybridized carbons (Fsp3) is 0.643. The van der Waals surface area contributed by atoms with Gasteiger partial charge >= 0.3 is 0 Å². The molecule has 0 unspecified atom stereocenters. The second-order valence-corrected chi connectivity index (χ2v) is 4.95. The van der Waals surface area contributed by atoms with Crippen LogP contribution in [-0.4, -0.2) is 49.3 Å². The molecule has 0 aromatic carbocycles. The standard InChI is InChI=1S/C14H25N3O3/c1-6-16-14(20)11(4)7-12(10(2)3)17(5)13(19)8-15-9-18/h7,9-10,12H,6,8H2,1-5H3,(H,15,18)(H,16,20)/t12-/m1/s1. The SMILES string of the molecule is CCNC(=O)C(C)=C[C@H](C(C)C)N(C)C(=O)CNC=O. The van der Waals surface area contributed by atoms with Crippen LogP contribution in [0.1, 0.15) is 27.7 Å². The van der Waals surface area contributed by atoms with E-state index in [2.05, 4.69) is 10.6 Å². The van der Waals surface area contributed by atoms with Gasteiger partial charge in [0.2, 0.25) is 18.2 Å². The number of amides is 3. The van der Waals surface area contributed by atoms with Crippen LogP contribution in [0.4, 0.5) is 0 Å². The molecule has 0 saturated heterocycles. The summed E-state index contributed by atoms with van der Waals surface area (Å²) in [4.78, 5) is 35.4. The number of rotatable bonds is 8. The van der Waals surface area contributed by atoms with Gasteiger partial charge in [0.15, 0.2) is 0 Å². The lowest BCUT2D eigenvalue weighted by Crippen LogP contribution is -2.43. The third-order valence-electron chi connectivity index (χ3n) is 2.98. The van der Waals surface area contributed by atoms with Crippen LogP contribution in [0.2, 0.25) is 0 Å². The van der Waals surface area contributed by atoms with E-state index < -0.39 is 0 Å². The van der Waals surface area contributed by atoms with Crippen LogP contribution in [0.3, 0.4) is 0 Å². The Morgan fingerprint density at radius 3 is 2.35 bits per heavy atom.